The molecule has 1 aliphatic heterocycles. The third-order valence-corrected chi connectivity index (χ3v) is 3.25. The third kappa shape index (κ3) is 1.96. The van der Waals surface area contributed by atoms with Crippen LogP contribution >= 0.6 is 15.9 Å². The molecule has 1 fully saturated rings. The minimum Gasteiger partial charge on any atom is -0.454 e. The Balaban J connectivity index is 1.79. The summed E-state index contributed by atoms with van der Waals surface area (Å²) in [5, 5.41) is 3.47. The van der Waals surface area contributed by atoms with Crippen LogP contribution in [0.15, 0.2) is 16.6 Å². The molecule has 1 saturated carbocycles. The fourth-order valence-corrected chi connectivity index (χ4v) is 2.28. The van der Waals surface area contributed by atoms with Crippen molar-refractivity contribution in [1.82, 2.24) is 5.32 Å². The maximum atomic E-state index is 5.36. The van der Waals surface area contributed by atoms with Crippen molar-refractivity contribution in [3.63, 3.8) is 0 Å². The molecular weight excluding hydrogens is 258 g/mol. The van der Waals surface area contributed by atoms with Crippen molar-refractivity contribution in [3.8, 4) is 11.5 Å². The van der Waals surface area contributed by atoms with Crippen LogP contribution in [0.1, 0.15) is 18.4 Å². The molecule has 15 heavy (non-hydrogen) atoms. The van der Waals surface area contributed by atoms with Crippen molar-refractivity contribution in [1.29, 1.82) is 0 Å². The normalized spacial score (nSPS) is 18.2. The topological polar surface area (TPSA) is 30.5 Å². The molecule has 1 N–H and O–H groups in total. The van der Waals surface area contributed by atoms with E-state index < -0.39 is 0 Å². The molecule has 80 valence electrons. The maximum Gasteiger partial charge on any atom is 0.231 e. The lowest BCUT2D eigenvalue weighted by atomic mass is 10.2. The van der Waals surface area contributed by atoms with Crippen LogP contribution in [0.3, 0.4) is 0 Å². The van der Waals surface area contributed by atoms with Crippen LogP contribution in [0.4, 0.5) is 0 Å². The lowest BCUT2D eigenvalue weighted by Gasteiger charge is -2.06. The molecule has 1 aliphatic carbocycles. The van der Waals surface area contributed by atoms with E-state index in [4.69, 9.17) is 9.47 Å². The van der Waals surface area contributed by atoms with Gasteiger partial charge in [0, 0.05) is 12.6 Å². The van der Waals surface area contributed by atoms with Gasteiger partial charge >= 0.3 is 0 Å². The van der Waals surface area contributed by atoms with Gasteiger partial charge in [0.25, 0.3) is 0 Å². The minimum absolute atomic E-state index is 0.327. The molecule has 0 atom stereocenters. The minimum atomic E-state index is 0.327. The average molecular weight is 270 g/mol. The molecule has 0 saturated heterocycles. The Morgan fingerprint density at radius 1 is 1.33 bits per heavy atom. The van der Waals surface area contributed by atoms with Crippen LogP contribution in [-0.2, 0) is 6.54 Å². The molecular formula is C11H12BrNO2. The van der Waals surface area contributed by atoms with Gasteiger partial charge in [0.2, 0.25) is 6.79 Å². The van der Waals surface area contributed by atoms with Crippen LogP contribution in [-0.4, -0.2) is 12.8 Å². The highest BCUT2D eigenvalue weighted by atomic mass is 79.9. The second-order valence-corrected chi connectivity index (χ2v) is 4.82. The van der Waals surface area contributed by atoms with E-state index in [2.05, 4.69) is 27.3 Å². The highest BCUT2D eigenvalue weighted by Crippen LogP contribution is 2.40. The van der Waals surface area contributed by atoms with Gasteiger partial charge in [-0.25, -0.2) is 0 Å². The average Bonchev–Trinajstić information content (AvgIpc) is 2.93. The number of benzene rings is 1. The Labute approximate surface area is 96.9 Å². The zero-order chi connectivity index (χ0) is 10.3. The maximum absolute atomic E-state index is 5.36. The number of ether oxygens (including phenoxy) is 2. The van der Waals surface area contributed by atoms with Gasteiger partial charge in [0.15, 0.2) is 11.5 Å². The highest BCUT2D eigenvalue weighted by molar-refractivity contribution is 9.10. The molecule has 0 aromatic heterocycles. The zero-order valence-corrected chi connectivity index (χ0v) is 9.84. The summed E-state index contributed by atoms with van der Waals surface area (Å²) in [6, 6.07) is 4.86. The van der Waals surface area contributed by atoms with Gasteiger partial charge in [0.1, 0.15) is 0 Å². The van der Waals surface area contributed by atoms with E-state index in [-0.39, 0.29) is 0 Å². The smallest absolute Gasteiger partial charge is 0.231 e. The van der Waals surface area contributed by atoms with Crippen molar-refractivity contribution < 1.29 is 9.47 Å². The molecule has 2 aliphatic rings. The summed E-state index contributed by atoms with van der Waals surface area (Å²) >= 11 is 3.49. The van der Waals surface area contributed by atoms with Gasteiger partial charge in [0.05, 0.1) is 4.47 Å². The molecule has 3 rings (SSSR count). The van der Waals surface area contributed by atoms with E-state index >= 15 is 0 Å². The Morgan fingerprint density at radius 2 is 2.20 bits per heavy atom. The molecule has 0 amide bonds. The van der Waals surface area contributed by atoms with E-state index in [0.717, 1.165) is 28.6 Å². The van der Waals surface area contributed by atoms with Gasteiger partial charge in [-0.05, 0) is 46.5 Å². The predicted octanol–water partition coefficient (Wildman–Crippen LogP) is 2.43. The molecule has 0 bridgehead atoms. The number of hydrogen-bond donors (Lipinski definition) is 1. The highest BCUT2D eigenvalue weighted by Gasteiger charge is 2.21. The van der Waals surface area contributed by atoms with Crippen molar-refractivity contribution >= 4 is 15.9 Å². The fraction of sp³-hybridized carbons (Fsp3) is 0.455. The van der Waals surface area contributed by atoms with E-state index in [9.17, 15) is 0 Å². The van der Waals surface area contributed by atoms with Gasteiger partial charge in [-0.15, -0.1) is 0 Å². The molecule has 0 spiro atoms. The van der Waals surface area contributed by atoms with Crippen LogP contribution < -0.4 is 14.8 Å². The number of halogens is 1. The Morgan fingerprint density at radius 3 is 3.00 bits per heavy atom. The van der Waals surface area contributed by atoms with Crippen molar-refractivity contribution in [2.24, 2.45) is 0 Å². The first-order chi connectivity index (χ1) is 7.33. The van der Waals surface area contributed by atoms with Crippen molar-refractivity contribution in [2.45, 2.75) is 25.4 Å². The van der Waals surface area contributed by atoms with Crippen LogP contribution in [0.25, 0.3) is 0 Å². The molecule has 0 unspecified atom stereocenters. The summed E-state index contributed by atoms with van der Waals surface area (Å²) in [5.74, 6) is 1.67. The van der Waals surface area contributed by atoms with Crippen molar-refractivity contribution in [3.05, 3.63) is 22.2 Å². The van der Waals surface area contributed by atoms with Crippen molar-refractivity contribution in [2.75, 3.05) is 6.79 Å². The summed E-state index contributed by atoms with van der Waals surface area (Å²) in [4.78, 5) is 0. The summed E-state index contributed by atoms with van der Waals surface area (Å²) in [6.07, 6.45) is 2.62. The first-order valence-corrected chi connectivity index (χ1v) is 5.93. The van der Waals surface area contributed by atoms with Gasteiger partial charge in [-0.2, -0.15) is 0 Å². The summed E-state index contributed by atoms with van der Waals surface area (Å²) in [6.45, 7) is 1.23. The first kappa shape index (κ1) is 9.48. The van der Waals surface area contributed by atoms with Crippen LogP contribution in [0.5, 0.6) is 11.5 Å². The second kappa shape index (κ2) is 3.68. The van der Waals surface area contributed by atoms with E-state index in [0.29, 0.717) is 6.79 Å². The zero-order valence-electron chi connectivity index (χ0n) is 8.25. The van der Waals surface area contributed by atoms with E-state index in [1.54, 1.807) is 0 Å². The van der Waals surface area contributed by atoms with Crippen LogP contribution in [0, 0.1) is 0 Å². The number of hydrogen-bond acceptors (Lipinski definition) is 3. The van der Waals surface area contributed by atoms with E-state index in [1.165, 1.54) is 18.4 Å². The Kier molecular flexibility index (Phi) is 2.33. The monoisotopic (exact) mass is 269 g/mol. The number of nitrogens with one attached hydrogen (secondary N) is 1. The second-order valence-electron chi connectivity index (χ2n) is 3.97. The summed E-state index contributed by atoms with van der Waals surface area (Å²) < 4.78 is 11.7. The lowest BCUT2D eigenvalue weighted by molar-refractivity contribution is 0.173. The Bertz CT molecular complexity index is 390. The molecule has 1 heterocycles. The SMILES string of the molecule is Brc1cc(CNC2CC2)cc2c1OCO2. The predicted molar refractivity (Wildman–Crippen MR) is 60.1 cm³/mol. The number of fused-ring (bicyclic) bond motifs is 1. The molecule has 1 aromatic carbocycles. The lowest BCUT2D eigenvalue weighted by Crippen LogP contribution is -2.15. The summed E-state index contributed by atoms with van der Waals surface area (Å²) in [5.41, 5.74) is 1.23. The first-order valence-electron chi connectivity index (χ1n) is 5.14. The quantitative estimate of drug-likeness (QED) is 0.915. The fourth-order valence-electron chi connectivity index (χ4n) is 1.67. The van der Waals surface area contributed by atoms with Gasteiger partial charge < -0.3 is 14.8 Å². The molecule has 4 heteroatoms. The van der Waals surface area contributed by atoms with Crippen LogP contribution in [0.2, 0.25) is 0 Å². The van der Waals surface area contributed by atoms with E-state index in [1.807, 2.05) is 6.07 Å². The van der Waals surface area contributed by atoms with Gasteiger partial charge in [-0.3, -0.25) is 0 Å². The largest absolute Gasteiger partial charge is 0.454 e. The number of rotatable bonds is 3. The summed E-state index contributed by atoms with van der Waals surface area (Å²) in [7, 11) is 0. The standard InChI is InChI=1S/C11H12BrNO2/c12-9-3-7(5-13-8-1-2-8)4-10-11(9)15-6-14-10/h3-4,8,13H,1-2,5-6H2. The Hall–Kier alpha value is -0.740. The molecule has 1 aromatic rings. The third-order valence-electron chi connectivity index (χ3n) is 2.66. The molecule has 3 nitrogen and oxygen atoms in total. The van der Waals surface area contributed by atoms with Gasteiger partial charge in [-0.1, -0.05) is 0 Å². The molecule has 0 radical (unpaired) electrons.